The Hall–Kier alpha value is -2.15. The Bertz CT molecular complexity index is 684. The second-order valence-corrected chi connectivity index (χ2v) is 7.84. The molecule has 3 aliphatic rings. The minimum Gasteiger partial charge on any atom is -0.386 e. The van der Waals surface area contributed by atoms with Crippen molar-refractivity contribution >= 4 is 17.4 Å². The topological polar surface area (TPSA) is 61.3 Å². The zero-order valence-electron chi connectivity index (χ0n) is 15.6. The van der Waals surface area contributed by atoms with Crippen molar-refractivity contribution in [3.8, 4) is 0 Å². The minimum absolute atomic E-state index is 0.0513. The van der Waals surface area contributed by atoms with Crippen molar-refractivity contribution < 1.29 is 9.63 Å². The number of piperidine rings is 1. The van der Waals surface area contributed by atoms with Gasteiger partial charge in [-0.25, -0.2) is 4.98 Å². The molecule has 7 nitrogen and oxygen atoms in total. The van der Waals surface area contributed by atoms with E-state index in [0.717, 1.165) is 51.3 Å². The van der Waals surface area contributed by atoms with Gasteiger partial charge in [0.25, 0.3) is 5.91 Å². The molecule has 0 radical (unpaired) electrons. The molecule has 0 aromatic carbocycles. The normalized spacial score (nSPS) is 26.5. The number of hydrogen-bond acceptors (Lipinski definition) is 6. The number of carbonyl (C=O) groups excluding carboxylic acids is 1. The summed E-state index contributed by atoms with van der Waals surface area (Å²) in [6.07, 6.45) is 5.31. The Morgan fingerprint density at radius 3 is 2.77 bits per heavy atom. The number of pyridine rings is 1. The number of oxime groups is 1. The zero-order valence-corrected chi connectivity index (χ0v) is 15.6. The average Bonchev–Trinajstić information content (AvgIpc) is 3.29. The van der Waals surface area contributed by atoms with Crippen LogP contribution in [0.5, 0.6) is 0 Å². The quantitative estimate of drug-likeness (QED) is 0.817. The standard InChI is InChI=1S/C19H27N5O2/c1-22(2)15-6-10-23(11-7-15)18(25)16-13-19(26-21-16)8-12-24(14-19)17-5-3-4-9-20-17/h3-5,9,15H,6-8,10-14H2,1-2H3. The molecule has 1 aromatic heterocycles. The highest BCUT2D eigenvalue weighted by molar-refractivity contribution is 6.39. The lowest BCUT2D eigenvalue weighted by Gasteiger charge is -2.35. The summed E-state index contributed by atoms with van der Waals surface area (Å²) in [6.45, 7) is 3.21. The van der Waals surface area contributed by atoms with E-state index in [4.69, 9.17) is 4.84 Å². The Labute approximate surface area is 154 Å². The van der Waals surface area contributed by atoms with Gasteiger partial charge in [0, 0.05) is 44.7 Å². The van der Waals surface area contributed by atoms with E-state index >= 15 is 0 Å². The summed E-state index contributed by atoms with van der Waals surface area (Å²) in [6, 6.07) is 6.48. The maximum absolute atomic E-state index is 12.8. The number of carbonyl (C=O) groups is 1. The van der Waals surface area contributed by atoms with Crippen molar-refractivity contribution in [2.75, 3.05) is 45.2 Å². The molecule has 1 spiro atoms. The zero-order chi connectivity index (χ0) is 18.1. The van der Waals surface area contributed by atoms with Crippen LogP contribution in [0, 0.1) is 0 Å². The third-order valence-corrected chi connectivity index (χ3v) is 5.86. The summed E-state index contributed by atoms with van der Waals surface area (Å²) in [5.74, 6) is 1.01. The number of hydrogen-bond donors (Lipinski definition) is 0. The lowest BCUT2D eigenvalue weighted by atomic mass is 9.95. The molecule has 0 bridgehead atoms. The van der Waals surface area contributed by atoms with Gasteiger partial charge in [-0.05, 0) is 39.1 Å². The van der Waals surface area contributed by atoms with E-state index in [1.165, 1.54) is 0 Å². The SMILES string of the molecule is CN(C)C1CCN(C(=O)C2=NOC3(CCN(c4ccccn4)C3)C2)CC1. The van der Waals surface area contributed by atoms with Crippen LogP contribution >= 0.6 is 0 Å². The second-order valence-electron chi connectivity index (χ2n) is 7.84. The highest BCUT2D eigenvalue weighted by Crippen LogP contribution is 2.36. The molecule has 1 unspecified atom stereocenters. The van der Waals surface area contributed by atoms with E-state index in [2.05, 4.69) is 34.0 Å². The summed E-state index contributed by atoms with van der Waals surface area (Å²) >= 11 is 0. The van der Waals surface area contributed by atoms with E-state index in [1.807, 2.05) is 23.1 Å². The van der Waals surface area contributed by atoms with Gasteiger partial charge in [0.2, 0.25) is 0 Å². The maximum atomic E-state index is 12.8. The fraction of sp³-hybridized carbons (Fsp3) is 0.632. The van der Waals surface area contributed by atoms with Crippen LogP contribution in [0.3, 0.4) is 0 Å². The first-order chi connectivity index (χ1) is 12.6. The first-order valence-electron chi connectivity index (χ1n) is 9.43. The van der Waals surface area contributed by atoms with Crippen LogP contribution in [0.25, 0.3) is 0 Å². The summed E-state index contributed by atoms with van der Waals surface area (Å²) in [7, 11) is 4.21. The number of aromatic nitrogens is 1. The maximum Gasteiger partial charge on any atom is 0.271 e. The van der Waals surface area contributed by atoms with Crippen LogP contribution in [0.1, 0.15) is 25.7 Å². The van der Waals surface area contributed by atoms with Crippen molar-refractivity contribution in [1.82, 2.24) is 14.8 Å². The molecular weight excluding hydrogens is 330 g/mol. The average molecular weight is 357 g/mol. The molecular formula is C19H27N5O2. The predicted molar refractivity (Wildman–Crippen MR) is 100 cm³/mol. The summed E-state index contributed by atoms with van der Waals surface area (Å²) in [5.41, 5.74) is 0.209. The number of amides is 1. The van der Waals surface area contributed by atoms with E-state index in [9.17, 15) is 4.79 Å². The molecule has 0 saturated carbocycles. The number of nitrogens with zero attached hydrogens (tertiary/aromatic N) is 5. The molecule has 1 atom stereocenters. The van der Waals surface area contributed by atoms with Gasteiger partial charge < -0.3 is 19.5 Å². The highest BCUT2D eigenvalue weighted by atomic mass is 16.7. The lowest BCUT2D eigenvalue weighted by Crippen LogP contribution is -2.47. The number of anilines is 1. The molecule has 7 heteroatoms. The van der Waals surface area contributed by atoms with Crippen LogP contribution in [0.15, 0.2) is 29.6 Å². The molecule has 2 fully saturated rings. The van der Waals surface area contributed by atoms with Gasteiger partial charge in [-0.3, -0.25) is 4.79 Å². The third-order valence-electron chi connectivity index (χ3n) is 5.86. The first kappa shape index (κ1) is 17.3. The molecule has 3 aliphatic heterocycles. The Morgan fingerprint density at radius 2 is 2.08 bits per heavy atom. The Morgan fingerprint density at radius 1 is 1.27 bits per heavy atom. The molecule has 140 valence electrons. The van der Waals surface area contributed by atoms with E-state index in [0.29, 0.717) is 18.2 Å². The van der Waals surface area contributed by atoms with E-state index in [-0.39, 0.29) is 11.5 Å². The molecule has 1 amide bonds. The molecule has 1 aromatic rings. The van der Waals surface area contributed by atoms with Gasteiger partial charge in [-0.1, -0.05) is 11.2 Å². The van der Waals surface area contributed by atoms with E-state index in [1.54, 1.807) is 6.20 Å². The van der Waals surface area contributed by atoms with Crippen molar-refractivity contribution in [3.63, 3.8) is 0 Å². The lowest BCUT2D eigenvalue weighted by molar-refractivity contribution is -0.125. The summed E-state index contributed by atoms with van der Waals surface area (Å²) < 4.78 is 0. The van der Waals surface area contributed by atoms with Crippen molar-refractivity contribution in [2.24, 2.45) is 5.16 Å². The fourth-order valence-corrected chi connectivity index (χ4v) is 4.20. The second kappa shape index (κ2) is 6.87. The third kappa shape index (κ3) is 3.28. The van der Waals surface area contributed by atoms with Gasteiger partial charge in [0.05, 0.1) is 6.54 Å². The summed E-state index contributed by atoms with van der Waals surface area (Å²) in [5, 5.41) is 4.20. The van der Waals surface area contributed by atoms with Crippen molar-refractivity contribution in [1.29, 1.82) is 0 Å². The largest absolute Gasteiger partial charge is 0.386 e. The highest BCUT2D eigenvalue weighted by Gasteiger charge is 2.47. The van der Waals surface area contributed by atoms with Crippen LogP contribution < -0.4 is 4.90 Å². The smallest absolute Gasteiger partial charge is 0.271 e. The Balaban J connectivity index is 1.34. The van der Waals surface area contributed by atoms with Gasteiger partial charge in [0.1, 0.15) is 11.5 Å². The number of rotatable bonds is 3. The van der Waals surface area contributed by atoms with Crippen LogP contribution in [-0.2, 0) is 9.63 Å². The van der Waals surface area contributed by atoms with Crippen LogP contribution in [0.2, 0.25) is 0 Å². The summed E-state index contributed by atoms with van der Waals surface area (Å²) in [4.78, 5) is 29.5. The van der Waals surface area contributed by atoms with Crippen LogP contribution in [-0.4, -0.2) is 78.3 Å². The van der Waals surface area contributed by atoms with Gasteiger partial charge in [-0.2, -0.15) is 0 Å². The predicted octanol–water partition coefficient (Wildman–Crippen LogP) is 1.36. The molecule has 4 heterocycles. The Kier molecular flexibility index (Phi) is 4.56. The molecule has 0 N–H and O–H groups in total. The van der Waals surface area contributed by atoms with Crippen LogP contribution in [0.4, 0.5) is 5.82 Å². The molecule has 26 heavy (non-hydrogen) atoms. The van der Waals surface area contributed by atoms with Crippen molar-refractivity contribution in [2.45, 2.75) is 37.3 Å². The fourth-order valence-electron chi connectivity index (χ4n) is 4.20. The van der Waals surface area contributed by atoms with Gasteiger partial charge >= 0.3 is 0 Å². The van der Waals surface area contributed by atoms with Gasteiger partial charge in [-0.15, -0.1) is 0 Å². The minimum atomic E-state index is -0.371. The first-order valence-corrected chi connectivity index (χ1v) is 9.43. The van der Waals surface area contributed by atoms with Crippen molar-refractivity contribution in [3.05, 3.63) is 24.4 Å². The monoisotopic (exact) mass is 357 g/mol. The molecule has 4 rings (SSSR count). The van der Waals surface area contributed by atoms with E-state index < -0.39 is 0 Å². The molecule has 0 aliphatic carbocycles. The molecule has 2 saturated heterocycles. The van der Waals surface area contributed by atoms with Gasteiger partial charge in [0.15, 0.2) is 5.60 Å². The number of likely N-dealkylation sites (tertiary alicyclic amines) is 1.